The number of benzene rings is 2. The van der Waals surface area contributed by atoms with Crippen molar-refractivity contribution in [3.63, 3.8) is 0 Å². The maximum atomic E-state index is 12.8. The maximum Gasteiger partial charge on any atom is 0.238 e. The van der Waals surface area contributed by atoms with Gasteiger partial charge in [0.15, 0.2) is 0 Å². The van der Waals surface area contributed by atoms with E-state index in [-0.39, 0.29) is 11.3 Å². The lowest BCUT2D eigenvalue weighted by atomic mass is 10.1. The highest BCUT2D eigenvalue weighted by molar-refractivity contribution is 8.01. The zero-order valence-electron chi connectivity index (χ0n) is 16.5. The van der Waals surface area contributed by atoms with Gasteiger partial charge in [-0.05, 0) is 26.0 Å². The van der Waals surface area contributed by atoms with Gasteiger partial charge in [-0.25, -0.2) is 9.97 Å². The predicted octanol–water partition coefficient (Wildman–Crippen LogP) is 6.33. The molecule has 0 bridgehead atoms. The molecule has 2 aromatic heterocycles. The Balaban J connectivity index is 1.47. The first-order chi connectivity index (χ1) is 14.6. The number of amides is 1. The topological polar surface area (TPSA) is 46.1 Å². The standard InChI is InChI=1S/C23H19N3OS3/c1-14-21(30-22(24-14)17-6-4-3-5-7-17)23-26(20(27)13-29-23)18-10-8-16(9-11-18)19-12-28-15(2)25-19/h3-12,23H,13H2,1-2H3. The summed E-state index contributed by atoms with van der Waals surface area (Å²) in [5.74, 6) is 0.617. The molecule has 1 atom stereocenters. The number of hydrogen-bond acceptors (Lipinski definition) is 6. The van der Waals surface area contributed by atoms with Gasteiger partial charge in [0.2, 0.25) is 5.91 Å². The van der Waals surface area contributed by atoms with Gasteiger partial charge >= 0.3 is 0 Å². The summed E-state index contributed by atoms with van der Waals surface area (Å²) in [4.78, 5) is 25.2. The van der Waals surface area contributed by atoms with Crippen LogP contribution in [0.2, 0.25) is 0 Å². The number of thioether (sulfide) groups is 1. The Hall–Kier alpha value is -2.48. The average Bonchev–Trinajstić information content (AvgIpc) is 3.47. The predicted molar refractivity (Wildman–Crippen MR) is 127 cm³/mol. The summed E-state index contributed by atoms with van der Waals surface area (Å²) in [6.45, 7) is 4.04. The van der Waals surface area contributed by atoms with Crippen molar-refractivity contribution in [3.8, 4) is 21.8 Å². The Kier molecular flexibility index (Phi) is 5.18. The average molecular weight is 450 g/mol. The van der Waals surface area contributed by atoms with Crippen LogP contribution in [0.25, 0.3) is 21.8 Å². The van der Waals surface area contributed by atoms with Crippen molar-refractivity contribution in [2.24, 2.45) is 0 Å². The molecule has 30 heavy (non-hydrogen) atoms. The summed E-state index contributed by atoms with van der Waals surface area (Å²) in [5, 5.41) is 4.07. The van der Waals surface area contributed by atoms with Gasteiger partial charge in [-0.3, -0.25) is 9.69 Å². The molecular weight excluding hydrogens is 430 g/mol. The van der Waals surface area contributed by atoms with E-state index in [1.165, 1.54) is 0 Å². The highest BCUT2D eigenvalue weighted by Gasteiger charge is 2.36. The number of aromatic nitrogens is 2. The van der Waals surface area contributed by atoms with Gasteiger partial charge < -0.3 is 0 Å². The first kappa shape index (κ1) is 19.5. The van der Waals surface area contributed by atoms with E-state index in [1.54, 1.807) is 34.4 Å². The van der Waals surface area contributed by atoms with Crippen LogP contribution in [0.4, 0.5) is 5.69 Å². The SMILES string of the molecule is Cc1nc(-c2ccc(N3C(=O)CSC3c3sc(-c4ccccc4)nc3C)cc2)cs1. The fourth-order valence-electron chi connectivity index (χ4n) is 3.53. The van der Waals surface area contributed by atoms with Gasteiger partial charge in [0.1, 0.15) is 10.4 Å². The van der Waals surface area contributed by atoms with Crippen LogP contribution in [0.15, 0.2) is 60.0 Å². The molecule has 5 rings (SSSR count). The Bertz CT molecular complexity index is 1200. The van der Waals surface area contributed by atoms with Crippen molar-refractivity contribution in [1.82, 2.24) is 9.97 Å². The summed E-state index contributed by atoms with van der Waals surface area (Å²) in [5.41, 5.74) is 5.07. The van der Waals surface area contributed by atoms with E-state index in [9.17, 15) is 4.79 Å². The number of hydrogen-bond donors (Lipinski definition) is 0. The van der Waals surface area contributed by atoms with Crippen molar-refractivity contribution in [2.75, 3.05) is 10.7 Å². The minimum Gasteiger partial charge on any atom is -0.294 e. The monoisotopic (exact) mass is 449 g/mol. The van der Waals surface area contributed by atoms with Crippen molar-refractivity contribution in [3.05, 3.63) is 75.6 Å². The normalized spacial score (nSPS) is 16.4. The van der Waals surface area contributed by atoms with E-state index < -0.39 is 0 Å². The van der Waals surface area contributed by atoms with Crippen LogP contribution in [0, 0.1) is 13.8 Å². The number of thiazole rings is 2. The molecule has 0 N–H and O–H groups in total. The molecule has 1 aliphatic heterocycles. The van der Waals surface area contributed by atoms with Gasteiger partial charge in [-0.15, -0.1) is 34.4 Å². The van der Waals surface area contributed by atoms with Crippen molar-refractivity contribution >= 4 is 46.0 Å². The third-order valence-corrected chi connectivity index (χ3v) is 8.36. The molecule has 150 valence electrons. The van der Waals surface area contributed by atoms with Gasteiger partial charge in [-0.1, -0.05) is 42.5 Å². The molecule has 1 aliphatic rings. The van der Waals surface area contributed by atoms with Gasteiger partial charge in [0, 0.05) is 22.2 Å². The largest absolute Gasteiger partial charge is 0.294 e. The first-order valence-corrected chi connectivity index (χ1v) is 12.3. The van der Waals surface area contributed by atoms with Crippen LogP contribution in [-0.2, 0) is 4.79 Å². The molecule has 1 fully saturated rings. The number of nitrogens with zero attached hydrogens (tertiary/aromatic N) is 3. The highest BCUT2D eigenvalue weighted by Crippen LogP contribution is 2.46. The third-order valence-electron chi connectivity index (χ3n) is 5.01. The van der Waals surface area contributed by atoms with E-state index in [0.29, 0.717) is 5.75 Å². The van der Waals surface area contributed by atoms with E-state index in [0.717, 1.165) is 43.1 Å². The Morgan fingerprint density at radius 2 is 1.73 bits per heavy atom. The second kappa shape index (κ2) is 7.98. The minimum atomic E-state index is -0.0418. The fraction of sp³-hybridized carbons (Fsp3) is 0.174. The second-order valence-electron chi connectivity index (χ2n) is 7.06. The molecule has 0 radical (unpaired) electrons. The third kappa shape index (κ3) is 3.57. The molecule has 0 saturated carbocycles. The van der Waals surface area contributed by atoms with Crippen molar-refractivity contribution in [1.29, 1.82) is 0 Å². The van der Waals surface area contributed by atoms with E-state index in [2.05, 4.69) is 22.5 Å². The maximum absolute atomic E-state index is 12.8. The Labute approximate surface area is 187 Å². The number of anilines is 1. The summed E-state index contributed by atoms with van der Waals surface area (Å²) in [6, 6.07) is 18.4. The quantitative estimate of drug-likeness (QED) is 0.365. The van der Waals surface area contributed by atoms with Crippen LogP contribution in [0.3, 0.4) is 0 Å². The van der Waals surface area contributed by atoms with Crippen LogP contribution in [0.1, 0.15) is 21.0 Å². The summed E-state index contributed by atoms with van der Waals surface area (Å²) < 4.78 is 0. The highest BCUT2D eigenvalue weighted by atomic mass is 32.2. The molecule has 7 heteroatoms. The number of aryl methyl sites for hydroxylation is 2. The van der Waals surface area contributed by atoms with Gasteiger partial charge in [0.05, 0.1) is 27.0 Å². The van der Waals surface area contributed by atoms with E-state index in [4.69, 9.17) is 4.98 Å². The van der Waals surface area contributed by atoms with Crippen LogP contribution in [-0.4, -0.2) is 21.6 Å². The second-order valence-corrected chi connectivity index (χ2v) is 10.2. The number of carbonyl (C=O) groups is 1. The molecule has 0 spiro atoms. The molecule has 3 heterocycles. The molecule has 1 unspecified atom stereocenters. The lowest BCUT2D eigenvalue weighted by Gasteiger charge is -2.23. The van der Waals surface area contributed by atoms with Crippen LogP contribution >= 0.6 is 34.4 Å². The molecule has 4 aromatic rings. The molecule has 1 amide bonds. The molecule has 2 aromatic carbocycles. The lowest BCUT2D eigenvalue weighted by molar-refractivity contribution is -0.115. The van der Waals surface area contributed by atoms with Gasteiger partial charge in [0.25, 0.3) is 0 Å². The lowest BCUT2D eigenvalue weighted by Crippen LogP contribution is -2.27. The number of carbonyl (C=O) groups excluding carboxylic acids is 1. The van der Waals surface area contributed by atoms with E-state index >= 15 is 0 Å². The summed E-state index contributed by atoms with van der Waals surface area (Å²) >= 11 is 4.99. The van der Waals surface area contributed by atoms with Crippen LogP contribution in [0.5, 0.6) is 0 Å². The minimum absolute atomic E-state index is 0.0418. The Morgan fingerprint density at radius 3 is 2.43 bits per heavy atom. The first-order valence-electron chi connectivity index (χ1n) is 9.59. The Morgan fingerprint density at radius 1 is 0.967 bits per heavy atom. The zero-order chi connectivity index (χ0) is 20.7. The number of rotatable bonds is 4. The molecular formula is C23H19N3OS3. The van der Waals surface area contributed by atoms with Crippen molar-refractivity contribution in [2.45, 2.75) is 19.2 Å². The van der Waals surface area contributed by atoms with Crippen molar-refractivity contribution < 1.29 is 4.79 Å². The zero-order valence-corrected chi connectivity index (χ0v) is 19.0. The van der Waals surface area contributed by atoms with Gasteiger partial charge in [-0.2, -0.15) is 0 Å². The molecule has 4 nitrogen and oxygen atoms in total. The summed E-state index contributed by atoms with van der Waals surface area (Å²) in [6.07, 6.45) is 0. The van der Waals surface area contributed by atoms with E-state index in [1.807, 2.05) is 61.2 Å². The molecule has 0 aliphatic carbocycles. The smallest absolute Gasteiger partial charge is 0.238 e. The fourth-order valence-corrected chi connectivity index (χ4v) is 6.69. The summed E-state index contributed by atoms with van der Waals surface area (Å²) in [7, 11) is 0. The molecule has 1 saturated heterocycles. The van der Waals surface area contributed by atoms with Crippen LogP contribution < -0.4 is 4.90 Å².